The standard InChI is InChI=1S/C27H32N2O2.ClH/c1-4-18-16-29-12-11-20(18)13-26(29)27(30)23-15-25(19-7-5-17(2)6-8-19)28-24-10-9-21(31-3)14-22(23)24;/h5-10,14-15,18,20,26-27,30H,4,11-13,16H2,1-3H3;1H/t18-,20-,26?,27+;/m0./s1. The number of methoxy groups -OCH3 is 1. The second-order valence-corrected chi connectivity index (χ2v) is 9.31. The Bertz CT molecular complexity index is 1080. The third kappa shape index (κ3) is 4.12. The van der Waals surface area contributed by atoms with Gasteiger partial charge in [0.15, 0.2) is 0 Å². The fraction of sp³-hybridized carbons (Fsp3) is 0.444. The Morgan fingerprint density at radius 2 is 1.94 bits per heavy atom. The van der Waals surface area contributed by atoms with Gasteiger partial charge >= 0.3 is 0 Å². The molecule has 5 heteroatoms. The lowest BCUT2D eigenvalue weighted by molar-refractivity contribution is -0.0562. The van der Waals surface area contributed by atoms with Crippen LogP contribution in [0.4, 0.5) is 0 Å². The number of hydrogen-bond donors (Lipinski definition) is 1. The molecule has 1 N–H and O–H groups in total. The van der Waals surface area contributed by atoms with E-state index in [9.17, 15) is 5.11 Å². The summed E-state index contributed by atoms with van der Waals surface area (Å²) in [6.45, 7) is 6.60. The third-order valence-corrected chi connectivity index (χ3v) is 7.54. The molecule has 4 nitrogen and oxygen atoms in total. The van der Waals surface area contributed by atoms with Crippen LogP contribution in [0.15, 0.2) is 48.5 Å². The normalized spacial score (nSPS) is 25.4. The number of rotatable bonds is 5. The molecule has 3 fully saturated rings. The lowest BCUT2D eigenvalue weighted by atomic mass is 9.72. The molecule has 5 atom stereocenters. The summed E-state index contributed by atoms with van der Waals surface area (Å²) in [7, 11) is 1.68. The summed E-state index contributed by atoms with van der Waals surface area (Å²) >= 11 is 0. The number of aryl methyl sites for hydroxylation is 1. The zero-order valence-electron chi connectivity index (χ0n) is 19.1. The van der Waals surface area contributed by atoms with E-state index < -0.39 is 6.10 Å². The van der Waals surface area contributed by atoms with Crippen LogP contribution >= 0.6 is 12.4 Å². The molecule has 32 heavy (non-hydrogen) atoms. The third-order valence-electron chi connectivity index (χ3n) is 7.54. The summed E-state index contributed by atoms with van der Waals surface area (Å²) in [6.07, 6.45) is 3.04. The van der Waals surface area contributed by atoms with Crippen molar-refractivity contribution < 1.29 is 9.84 Å². The maximum Gasteiger partial charge on any atom is 0.119 e. The van der Waals surface area contributed by atoms with Crippen LogP contribution in [0.3, 0.4) is 0 Å². The van der Waals surface area contributed by atoms with Crippen molar-refractivity contribution >= 4 is 23.3 Å². The molecule has 6 rings (SSSR count). The van der Waals surface area contributed by atoms with Gasteiger partial charge in [-0.05, 0) is 68.0 Å². The van der Waals surface area contributed by atoms with Gasteiger partial charge < -0.3 is 9.84 Å². The van der Waals surface area contributed by atoms with Gasteiger partial charge in [-0.3, -0.25) is 4.90 Å². The van der Waals surface area contributed by atoms with Gasteiger partial charge in [0.25, 0.3) is 0 Å². The van der Waals surface area contributed by atoms with Crippen LogP contribution in [0.5, 0.6) is 5.75 Å². The van der Waals surface area contributed by atoms with Crippen LogP contribution in [0.1, 0.15) is 43.4 Å². The minimum Gasteiger partial charge on any atom is -0.497 e. The summed E-state index contributed by atoms with van der Waals surface area (Å²) in [4.78, 5) is 7.46. The molecule has 2 unspecified atom stereocenters. The molecule has 170 valence electrons. The molecule has 3 aliphatic heterocycles. The van der Waals surface area contributed by atoms with Crippen LogP contribution < -0.4 is 4.74 Å². The number of aliphatic hydroxyl groups is 1. The monoisotopic (exact) mass is 452 g/mol. The molecule has 0 radical (unpaired) electrons. The van der Waals surface area contributed by atoms with Crippen LogP contribution in [0, 0.1) is 18.8 Å². The quantitative estimate of drug-likeness (QED) is 0.531. The van der Waals surface area contributed by atoms with E-state index in [2.05, 4.69) is 49.1 Å². The molecule has 2 bridgehead atoms. The predicted octanol–water partition coefficient (Wildman–Crippen LogP) is 5.79. The number of fused-ring (bicyclic) bond motifs is 4. The van der Waals surface area contributed by atoms with E-state index in [1.54, 1.807) is 7.11 Å². The van der Waals surface area contributed by atoms with Crippen molar-refractivity contribution in [3.05, 3.63) is 59.7 Å². The smallest absolute Gasteiger partial charge is 0.119 e. The number of hydrogen-bond acceptors (Lipinski definition) is 4. The van der Waals surface area contributed by atoms with Crippen LogP contribution in [0.2, 0.25) is 0 Å². The summed E-state index contributed by atoms with van der Waals surface area (Å²) in [5.41, 5.74) is 5.08. The Morgan fingerprint density at radius 1 is 1.16 bits per heavy atom. The van der Waals surface area contributed by atoms with E-state index in [0.717, 1.165) is 64.8 Å². The average Bonchev–Trinajstić information content (AvgIpc) is 2.83. The second kappa shape index (κ2) is 9.38. The second-order valence-electron chi connectivity index (χ2n) is 9.31. The van der Waals surface area contributed by atoms with Crippen molar-refractivity contribution in [1.82, 2.24) is 9.88 Å². The number of ether oxygens (including phenoxy) is 1. The fourth-order valence-electron chi connectivity index (χ4n) is 5.65. The average molecular weight is 453 g/mol. The highest BCUT2D eigenvalue weighted by Crippen LogP contribution is 2.43. The zero-order chi connectivity index (χ0) is 21.5. The van der Waals surface area contributed by atoms with E-state index in [-0.39, 0.29) is 18.4 Å². The summed E-state index contributed by atoms with van der Waals surface area (Å²) in [5, 5.41) is 12.7. The van der Waals surface area contributed by atoms with Crippen molar-refractivity contribution in [3.63, 3.8) is 0 Å². The maximum atomic E-state index is 11.7. The van der Waals surface area contributed by atoms with E-state index in [4.69, 9.17) is 9.72 Å². The summed E-state index contributed by atoms with van der Waals surface area (Å²) < 4.78 is 5.49. The number of pyridine rings is 1. The van der Waals surface area contributed by atoms with Crippen LogP contribution in [0.25, 0.3) is 22.2 Å². The van der Waals surface area contributed by atoms with Crippen LogP contribution in [-0.4, -0.2) is 41.2 Å². The van der Waals surface area contributed by atoms with Crippen molar-refractivity contribution in [2.24, 2.45) is 11.8 Å². The lowest BCUT2D eigenvalue weighted by Crippen LogP contribution is -2.55. The van der Waals surface area contributed by atoms with Gasteiger partial charge in [0.1, 0.15) is 5.75 Å². The number of halogens is 1. The predicted molar refractivity (Wildman–Crippen MR) is 133 cm³/mol. The molecule has 0 aliphatic carbocycles. The molecule has 0 saturated carbocycles. The minimum absolute atomic E-state index is 0. The Labute approximate surface area is 197 Å². The lowest BCUT2D eigenvalue weighted by Gasteiger charge is -2.51. The van der Waals surface area contributed by atoms with Crippen molar-refractivity contribution in [2.75, 3.05) is 20.2 Å². The highest BCUT2D eigenvalue weighted by molar-refractivity contribution is 5.87. The van der Waals surface area contributed by atoms with E-state index in [1.807, 2.05) is 18.2 Å². The number of piperidine rings is 3. The topological polar surface area (TPSA) is 45.6 Å². The first kappa shape index (κ1) is 23.0. The summed E-state index contributed by atoms with van der Waals surface area (Å²) in [6, 6.07) is 16.7. The van der Waals surface area contributed by atoms with E-state index >= 15 is 0 Å². The zero-order valence-corrected chi connectivity index (χ0v) is 19.9. The Hall–Kier alpha value is -2.14. The highest BCUT2D eigenvalue weighted by atomic mass is 35.5. The molecular formula is C27H33ClN2O2. The van der Waals surface area contributed by atoms with Crippen LogP contribution in [-0.2, 0) is 0 Å². The molecule has 3 aromatic rings. The maximum absolute atomic E-state index is 11.7. The molecule has 1 aromatic heterocycles. The van der Waals surface area contributed by atoms with Gasteiger partial charge in [0, 0.05) is 23.5 Å². The fourth-order valence-corrected chi connectivity index (χ4v) is 5.65. The van der Waals surface area contributed by atoms with E-state index in [1.165, 1.54) is 18.4 Å². The minimum atomic E-state index is -0.539. The molecule has 3 saturated heterocycles. The first-order chi connectivity index (χ1) is 15.1. The van der Waals surface area contributed by atoms with Crippen molar-refractivity contribution in [2.45, 2.75) is 45.3 Å². The van der Waals surface area contributed by atoms with Gasteiger partial charge in [0.2, 0.25) is 0 Å². The molecule has 4 heterocycles. The molecule has 3 aliphatic rings. The van der Waals surface area contributed by atoms with Gasteiger partial charge in [-0.25, -0.2) is 4.98 Å². The van der Waals surface area contributed by atoms with Gasteiger partial charge in [-0.2, -0.15) is 0 Å². The number of benzene rings is 2. The molecule has 0 amide bonds. The number of aromatic nitrogens is 1. The van der Waals surface area contributed by atoms with Crippen molar-refractivity contribution in [1.29, 1.82) is 0 Å². The first-order valence-electron chi connectivity index (χ1n) is 11.5. The number of aliphatic hydroxyl groups excluding tert-OH is 1. The van der Waals surface area contributed by atoms with Gasteiger partial charge in [-0.15, -0.1) is 12.4 Å². The van der Waals surface area contributed by atoms with Crippen molar-refractivity contribution in [3.8, 4) is 17.0 Å². The largest absolute Gasteiger partial charge is 0.497 e. The Balaban J connectivity index is 0.00000245. The number of nitrogens with zero attached hydrogens (tertiary/aromatic N) is 2. The SMILES string of the molecule is CC[C@H]1CN2CC[C@H]1CC2[C@H](O)c1cc(-c2ccc(C)cc2)nc2ccc(OC)cc12.Cl. The van der Waals surface area contributed by atoms with Gasteiger partial charge in [0.05, 0.1) is 24.4 Å². The van der Waals surface area contributed by atoms with Gasteiger partial charge in [-0.1, -0.05) is 43.2 Å². The molecule has 0 spiro atoms. The molecular weight excluding hydrogens is 420 g/mol. The first-order valence-corrected chi connectivity index (χ1v) is 11.5. The Kier molecular flexibility index (Phi) is 6.75. The highest BCUT2D eigenvalue weighted by Gasteiger charge is 2.42. The molecule has 2 aromatic carbocycles. The Morgan fingerprint density at radius 3 is 2.59 bits per heavy atom. The van der Waals surface area contributed by atoms with E-state index in [0.29, 0.717) is 0 Å². The summed E-state index contributed by atoms with van der Waals surface area (Å²) in [5.74, 6) is 2.30.